The highest BCUT2D eigenvalue weighted by Crippen LogP contribution is 2.47. The molecule has 0 aliphatic carbocycles. The number of para-hydroxylation sites is 1. The van der Waals surface area contributed by atoms with Crippen molar-refractivity contribution in [2.24, 2.45) is 5.92 Å². The van der Waals surface area contributed by atoms with E-state index in [-0.39, 0.29) is 22.0 Å². The molecule has 2 amide bonds. The number of amides is 2. The van der Waals surface area contributed by atoms with Gasteiger partial charge in [0.2, 0.25) is 5.91 Å². The van der Waals surface area contributed by atoms with Gasteiger partial charge in [0.1, 0.15) is 16.6 Å². The van der Waals surface area contributed by atoms with E-state index in [1.54, 1.807) is 54.6 Å². The lowest BCUT2D eigenvalue weighted by molar-refractivity contribution is -0.384. The number of hydrogen-bond donors (Lipinski definition) is 0. The van der Waals surface area contributed by atoms with Crippen LogP contribution in [-0.2, 0) is 24.5 Å². The number of anilines is 2. The van der Waals surface area contributed by atoms with Gasteiger partial charge in [-0.1, -0.05) is 48.5 Å². The standard InChI is InChI=1S/C29H21N3O8S/c33-28-25-26(19-11-17-23(18-12-19)40-41(37,38)24-9-5-2-6-10-24)31(21-7-3-1-4-8-21)39-27(25)29(34)30(28)20-13-15-22(16-14-20)32(35)36/h1-18,25-27H/t25-,26+,27+/m0/s1. The molecular weight excluding hydrogens is 550 g/mol. The molecule has 41 heavy (non-hydrogen) atoms. The van der Waals surface area contributed by atoms with Crippen molar-refractivity contribution in [1.82, 2.24) is 0 Å². The molecule has 6 rings (SSSR count). The van der Waals surface area contributed by atoms with E-state index >= 15 is 0 Å². The number of rotatable bonds is 7. The van der Waals surface area contributed by atoms with Crippen LogP contribution in [0.5, 0.6) is 5.75 Å². The summed E-state index contributed by atoms with van der Waals surface area (Å²) in [7, 11) is -4.06. The monoisotopic (exact) mass is 571 g/mol. The molecule has 2 saturated heterocycles. The molecule has 0 unspecified atom stereocenters. The van der Waals surface area contributed by atoms with Crippen molar-refractivity contribution in [3.8, 4) is 5.75 Å². The molecule has 12 heteroatoms. The molecule has 2 heterocycles. The van der Waals surface area contributed by atoms with Gasteiger partial charge in [0.25, 0.3) is 11.6 Å². The van der Waals surface area contributed by atoms with Crippen molar-refractivity contribution in [2.75, 3.05) is 9.96 Å². The molecule has 2 aliphatic heterocycles. The van der Waals surface area contributed by atoms with Crippen molar-refractivity contribution < 1.29 is 32.0 Å². The van der Waals surface area contributed by atoms with Gasteiger partial charge in [-0.2, -0.15) is 8.42 Å². The molecule has 11 nitrogen and oxygen atoms in total. The fourth-order valence-electron chi connectivity index (χ4n) is 5.01. The second-order valence-corrected chi connectivity index (χ2v) is 10.9. The molecule has 0 saturated carbocycles. The first-order valence-corrected chi connectivity index (χ1v) is 13.9. The van der Waals surface area contributed by atoms with Crippen LogP contribution in [0, 0.1) is 16.0 Å². The van der Waals surface area contributed by atoms with Crippen molar-refractivity contribution in [1.29, 1.82) is 0 Å². The zero-order chi connectivity index (χ0) is 28.7. The number of carbonyl (C=O) groups excluding carboxylic acids is 2. The number of fused-ring (bicyclic) bond motifs is 1. The minimum absolute atomic E-state index is 0.00719. The predicted molar refractivity (Wildman–Crippen MR) is 146 cm³/mol. The van der Waals surface area contributed by atoms with E-state index in [1.165, 1.54) is 53.6 Å². The topological polar surface area (TPSA) is 136 Å². The number of hydroxylamine groups is 1. The van der Waals surface area contributed by atoms with E-state index in [9.17, 15) is 28.1 Å². The molecule has 206 valence electrons. The van der Waals surface area contributed by atoms with Crippen molar-refractivity contribution in [3.05, 3.63) is 125 Å². The molecule has 4 aromatic rings. The van der Waals surface area contributed by atoms with Crippen LogP contribution >= 0.6 is 0 Å². The minimum Gasteiger partial charge on any atom is -0.379 e. The zero-order valence-electron chi connectivity index (χ0n) is 21.1. The molecular formula is C29H21N3O8S. The SMILES string of the molecule is O=C1[C@H]2[C@@H](c3ccc(OS(=O)(=O)c4ccccc4)cc3)N(c3ccccc3)O[C@H]2C(=O)N1c1ccc([N+](=O)[O-])cc1. The van der Waals surface area contributed by atoms with E-state index in [2.05, 4.69) is 0 Å². The van der Waals surface area contributed by atoms with Gasteiger partial charge in [0.15, 0.2) is 6.10 Å². The van der Waals surface area contributed by atoms with Gasteiger partial charge >= 0.3 is 10.1 Å². The zero-order valence-corrected chi connectivity index (χ0v) is 22.0. The van der Waals surface area contributed by atoms with E-state index in [0.29, 0.717) is 11.3 Å². The van der Waals surface area contributed by atoms with E-state index < -0.39 is 44.9 Å². The second kappa shape index (κ2) is 10.2. The number of nitro groups is 1. The third-order valence-corrected chi connectivity index (χ3v) is 8.17. The number of non-ortho nitro benzene ring substituents is 1. The van der Waals surface area contributed by atoms with Gasteiger partial charge in [-0.25, -0.2) is 9.96 Å². The van der Waals surface area contributed by atoms with Crippen LogP contribution in [-0.4, -0.2) is 31.3 Å². The highest BCUT2D eigenvalue weighted by molar-refractivity contribution is 7.87. The second-order valence-electron chi connectivity index (χ2n) is 9.36. The first-order valence-electron chi connectivity index (χ1n) is 12.5. The predicted octanol–water partition coefficient (Wildman–Crippen LogP) is 4.41. The van der Waals surface area contributed by atoms with Crippen LogP contribution in [0.1, 0.15) is 11.6 Å². The highest BCUT2D eigenvalue weighted by atomic mass is 32.2. The average Bonchev–Trinajstić information content (AvgIpc) is 3.49. The van der Waals surface area contributed by atoms with Gasteiger partial charge in [-0.15, -0.1) is 0 Å². The van der Waals surface area contributed by atoms with Gasteiger partial charge in [0.05, 0.1) is 22.3 Å². The average molecular weight is 572 g/mol. The Bertz CT molecular complexity index is 1730. The molecule has 0 N–H and O–H groups in total. The molecule has 4 aromatic carbocycles. The summed E-state index contributed by atoms with van der Waals surface area (Å²) in [4.78, 5) is 44.8. The normalized spacial score (nSPS) is 20.2. The maximum atomic E-state index is 13.7. The van der Waals surface area contributed by atoms with Crippen LogP contribution in [0.4, 0.5) is 17.1 Å². The molecule has 0 bridgehead atoms. The summed E-state index contributed by atoms with van der Waals surface area (Å²) >= 11 is 0. The lowest BCUT2D eigenvalue weighted by Gasteiger charge is -2.28. The molecule has 0 aromatic heterocycles. The lowest BCUT2D eigenvalue weighted by atomic mass is 9.90. The lowest BCUT2D eigenvalue weighted by Crippen LogP contribution is -2.37. The Morgan fingerprint density at radius 1 is 0.756 bits per heavy atom. The summed E-state index contributed by atoms with van der Waals surface area (Å²) in [5.74, 6) is -1.99. The van der Waals surface area contributed by atoms with Gasteiger partial charge in [-0.05, 0) is 54.1 Å². The van der Waals surface area contributed by atoms with Crippen LogP contribution in [0.2, 0.25) is 0 Å². The Balaban J connectivity index is 1.33. The number of nitrogens with zero attached hydrogens (tertiary/aromatic N) is 3. The summed E-state index contributed by atoms with van der Waals surface area (Å²) in [6.07, 6.45) is -1.14. The number of nitro benzene ring substituents is 1. The summed E-state index contributed by atoms with van der Waals surface area (Å²) in [6, 6.07) is 27.3. The number of hydrogen-bond acceptors (Lipinski definition) is 9. The fourth-order valence-corrected chi connectivity index (χ4v) is 5.96. The van der Waals surface area contributed by atoms with Crippen LogP contribution < -0.4 is 14.1 Å². The van der Waals surface area contributed by atoms with Crippen LogP contribution in [0.3, 0.4) is 0 Å². The van der Waals surface area contributed by atoms with Crippen LogP contribution in [0.15, 0.2) is 114 Å². The quantitative estimate of drug-likeness (QED) is 0.137. The first kappa shape index (κ1) is 26.2. The molecule has 2 fully saturated rings. The Kier molecular flexibility index (Phi) is 6.48. The van der Waals surface area contributed by atoms with Gasteiger partial charge in [0, 0.05) is 12.1 Å². The van der Waals surface area contributed by atoms with Gasteiger partial charge in [-0.3, -0.25) is 24.5 Å². The summed E-state index contributed by atoms with van der Waals surface area (Å²) in [6.45, 7) is 0. The van der Waals surface area contributed by atoms with Crippen LogP contribution in [0.25, 0.3) is 0 Å². The Morgan fingerprint density at radius 2 is 1.37 bits per heavy atom. The molecule has 0 radical (unpaired) electrons. The smallest absolute Gasteiger partial charge is 0.339 e. The van der Waals surface area contributed by atoms with Crippen molar-refractivity contribution in [2.45, 2.75) is 17.0 Å². The van der Waals surface area contributed by atoms with E-state index in [4.69, 9.17) is 9.02 Å². The minimum atomic E-state index is -4.06. The molecule has 3 atom stereocenters. The highest BCUT2D eigenvalue weighted by Gasteiger charge is 2.60. The summed E-state index contributed by atoms with van der Waals surface area (Å²) in [5, 5.41) is 12.6. The molecule has 2 aliphatic rings. The fraction of sp³-hybridized carbons (Fsp3) is 0.103. The Labute approximate surface area is 234 Å². The molecule has 0 spiro atoms. The number of imide groups is 1. The van der Waals surface area contributed by atoms with Crippen molar-refractivity contribution >= 4 is 39.0 Å². The first-order chi connectivity index (χ1) is 19.7. The number of carbonyl (C=O) groups is 2. The maximum absolute atomic E-state index is 13.7. The summed E-state index contributed by atoms with van der Waals surface area (Å²) < 4.78 is 30.6. The van der Waals surface area contributed by atoms with Crippen molar-refractivity contribution in [3.63, 3.8) is 0 Å². The third kappa shape index (κ3) is 4.68. The van der Waals surface area contributed by atoms with E-state index in [0.717, 1.165) is 4.90 Å². The van der Waals surface area contributed by atoms with E-state index in [1.807, 2.05) is 6.07 Å². The maximum Gasteiger partial charge on any atom is 0.339 e. The van der Waals surface area contributed by atoms with Gasteiger partial charge < -0.3 is 4.18 Å². The number of benzene rings is 4. The Hall–Kier alpha value is -5.07. The largest absolute Gasteiger partial charge is 0.379 e. The third-order valence-electron chi connectivity index (χ3n) is 6.90. The summed E-state index contributed by atoms with van der Waals surface area (Å²) in [5.41, 5.74) is 1.22. The Morgan fingerprint density at radius 3 is 1.98 bits per heavy atom.